The van der Waals surface area contributed by atoms with Crippen LogP contribution in [-0.2, 0) is 0 Å². The van der Waals surface area contributed by atoms with Gasteiger partial charge in [-0.15, -0.1) is 0 Å². The molecule has 13 heavy (non-hydrogen) atoms. The van der Waals surface area contributed by atoms with Crippen molar-refractivity contribution in [3.63, 3.8) is 0 Å². The van der Waals surface area contributed by atoms with Gasteiger partial charge in [0.15, 0.2) is 0 Å². The van der Waals surface area contributed by atoms with E-state index in [1.54, 1.807) is 6.92 Å². The molecule has 2 N–H and O–H groups in total. The lowest BCUT2D eigenvalue weighted by Gasteiger charge is -2.05. The van der Waals surface area contributed by atoms with Crippen molar-refractivity contribution in [2.45, 2.75) is 6.92 Å². The fourth-order valence-corrected chi connectivity index (χ4v) is 1.08. The third-order valence-electron chi connectivity index (χ3n) is 1.74. The Bertz CT molecular complexity index is 349. The highest BCUT2D eigenvalue weighted by atomic mass is 16.6. The zero-order valence-electron chi connectivity index (χ0n) is 7.40. The summed E-state index contributed by atoms with van der Waals surface area (Å²) in [6.45, 7) is 1.78. The maximum absolute atomic E-state index is 10.5. The zero-order valence-corrected chi connectivity index (χ0v) is 7.40. The van der Waals surface area contributed by atoms with Gasteiger partial charge in [-0.2, -0.15) is 0 Å². The van der Waals surface area contributed by atoms with E-state index in [1.807, 2.05) is 0 Å². The molecule has 1 aromatic carbocycles. The van der Waals surface area contributed by atoms with Gasteiger partial charge in [0.25, 0.3) is 5.69 Å². The van der Waals surface area contributed by atoms with Crippen LogP contribution in [0.1, 0.15) is 5.56 Å². The molecule has 70 valence electrons. The molecule has 1 rings (SSSR count). The molecule has 0 amide bonds. The van der Waals surface area contributed by atoms with Crippen molar-refractivity contribution in [1.82, 2.24) is 0 Å². The van der Waals surface area contributed by atoms with Crippen molar-refractivity contribution in [1.29, 1.82) is 0 Å². The molecule has 0 aliphatic heterocycles. The lowest BCUT2D eigenvalue weighted by atomic mass is 10.2. The van der Waals surface area contributed by atoms with E-state index in [2.05, 4.69) is 0 Å². The first kappa shape index (κ1) is 9.31. The Morgan fingerprint density at radius 3 is 2.62 bits per heavy atom. The van der Waals surface area contributed by atoms with Crippen molar-refractivity contribution in [3.05, 3.63) is 27.8 Å². The molecule has 1 aromatic rings. The molecule has 5 nitrogen and oxygen atoms in total. The van der Waals surface area contributed by atoms with E-state index in [9.17, 15) is 10.1 Å². The SMILES string of the molecule is COc1cc([N+](=O)[O-])c(N)cc1C. The second kappa shape index (κ2) is 3.30. The summed E-state index contributed by atoms with van der Waals surface area (Å²) in [5.74, 6) is 0.473. The summed E-state index contributed by atoms with van der Waals surface area (Å²) in [4.78, 5) is 9.94. The number of hydrogen-bond donors (Lipinski definition) is 1. The van der Waals surface area contributed by atoms with Gasteiger partial charge in [0.05, 0.1) is 18.1 Å². The van der Waals surface area contributed by atoms with Crippen molar-refractivity contribution in [2.24, 2.45) is 0 Å². The van der Waals surface area contributed by atoms with Crippen LogP contribution in [0.4, 0.5) is 11.4 Å². The summed E-state index contributed by atoms with van der Waals surface area (Å²) < 4.78 is 4.93. The van der Waals surface area contributed by atoms with Crippen LogP contribution in [0.5, 0.6) is 5.75 Å². The molecule has 0 aromatic heterocycles. The number of benzene rings is 1. The van der Waals surface area contributed by atoms with Gasteiger partial charge in [-0.05, 0) is 18.6 Å². The van der Waals surface area contributed by atoms with Crippen LogP contribution < -0.4 is 10.5 Å². The monoisotopic (exact) mass is 182 g/mol. The van der Waals surface area contributed by atoms with Gasteiger partial charge in [-0.1, -0.05) is 0 Å². The number of nitro groups is 1. The standard InChI is InChI=1S/C8H10N2O3/c1-5-3-6(9)7(10(11)12)4-8(5)13-2/h3-4H,9H2,1-2H3. The largest absolute Gasteiger partial charge is 0.496 e. The minimum Gasteiger partial charge on any atom is -0.496 e. The summed E-state index contributed by atoms with van der Waals surface area (Å²) in [7, 11) is 1.46. The van der Waals surface area contributed by atoms with Gasteiger partial charge in [0.1, 0.15) is 11.4 Å². The van der Waals surface area contributed by atoms with Crippen molar-refractivity contribution < 1.29 is 9.66 Å². The quantitative estimate of drug-likeness (QED) is 0.427. The Balaban J connectivity index is 3.30. The summed E-state index contributed by atoms with van der Waals surface area (Å²) in [6, 6.07) is 2.85. The van der Waals surface area contributed by atoms with Crippen LogP contribution in [0, 0.1) is 17.0 Å². The molecule has 0 aliphatic rings. The molecule has 0 saturated heterocycles. The summed E-state index contributed by atoms with van der Waals surface area (Å²) in [5, 5.41) is 10.5. The number of rotatable bonds is 2. The molecule has 0 aliphatic carbocycles. The van der Waals surface area contributed by atoms with E-state index >= 15 is 0 Å². The number of nitrogens with zero attached hydrogens (tertiary/aromatic N) is 1. The predicted octanol–water partition coefficient (Wildman–Crippen LogP) is 1.49. The molecular weight excluding hydrogens is 172 g/mol. The first-order valence-electron chi connectivity index (χ1n) is 3.64. The number of nitro benzene ring substituents is 1. The zero-order chi connectivity index (χ0) is 10.0. The van der Waals surface area contributed by atoms with Gasteiger partial charge in [-0.3, -0.25) is 10.1 Å². The highest BCUT2D eigenvalue weighted by molar-refractivity contribution is 5.63. The lowest BCUT2D eigenvalue weighted by molar-refractivity contribution is -0.384. The maximum atomic E-state index is 10.5. The molecule has 0 unspecified atom stereocenters. The number of ether oxygens (including phenoxy) is 1. The van der Waals surface area contributed by atoms with Gasteiger partial charge >= 0.3 is 0 Å². The third-order valence-corrected chi connectivity index (χ3v) is 1.74. The van der Waals surface area contributed by atoms with Crippen molar-refractivity contribution in [2.75, 3.05) is 12.8 Å². The molecular formula is C8H10N2O3. The van der Waals surface area contributed by atoms with Crippen LogP contribution in [-0.4, -0.2) is 12.0 Å². The Morgan fingerprint density at radius 2 is 2.15 bits per heavy atom. The van der Waals surface area contributed by atoms with Crippen LogP contribution in [0.3, 0.4) is 0 Å². The van der Waals surface area contributed by atoms with Gasteiger partial charge in [0.2, 0.25) is 0 Å². The fraction of sp³-hybridized carbons (Fsp3) is 0.250. The van der Waals surface area contributed by atoms with Gasteiger partial charge in [-0.25, -0.2) is 0 Å². The Kier molecular flexibility index (Phi) is 2.36. The van der Waals surface area contributed by atoms with Gasteiger partial charge in [0, 0.05) is 0 Å². The Morgan fingerprint density at radius 1 is 1.54 bits per heavy atom. The molecule has 0 bridgehead atoms. The Labute approximate surface area is 75.3 Å². The molecule has 5 heteroatoms. The molecule has 0 heterocycles. The summed E-state index contributed by atoms with van der Waals surface area (Å²) in [5.41, 5.74) is 6.26. The molecule has 0 radical (unpaired) electrons. The molecule has 0 saturated carbocycles. The summed E-state index contributed by atoms with van der Waals surface area (Å²) in [6.07, 6.45) is 0. The van der Waals surface area contributed by atoms with E-state index in [4.69, 9.17) is 10.5 Å². The molecule has 0 atom stereocenters. The van der Waals surface area contributed by atoms with Crippen LogP contribution in [0.25, 0.3) is 0 Å². The number of anilines is 1. The van der Waals surface area contributed by atoms with Crippen molar-refractivity contribution >= 4 is 11.4 Å². The van der Waals surface area contributed by atoms with Crippen LogP contribution >= 0.6 is 0 Å². The second-order valence-corrected chi connectivity index (χ2v) is 2.64. The molecule has 0 fully saturated rings. The number of nitrogens with two attached hydrogens (primary N) is 1. The van der Waals surface area contributed by atoms with Crippen molar-refractivity contribution in [3.8, 4) is 5.75 Å². The minimum atomic E-state index is -0.530. The van der Waals surface area contributed by atoms with Crippen LogP contribution in [0.2, 0.25) is 0 Å². The van der Waals surface area contributed by atoms with E-state index in [0.29, 0.717) is 5.75 Å². The van der Waals surface area contributed by atoms with E-state index in [0.717, 1.165) is 5.56 Å². The number of nitrogen functional groups attached to an aromatic ring is 1. The van der Waals surface area contributed by atoms with E-state index < -0.39 is 4.92 Å². The minimum absolute atomic E-state index is 0.123. The number of methoxy groups -OCH3 is 1. The second-order valence-electron chi connectivity index (χ2n) is 2.64. The summed E-state index contributed by atoms with van der Waals surface area (Å²) >= 11 is 0. The smallest absolute Gasteiger partial charge is 0.295 e. The highest BCUT2D eigenvalue weighted by Gasteiger charge is 2.14. The normalized spacial score (nSPS) is 9.69. The highest BCUT2D eigenvalue weighted by Crippen LogP contribution is 2.29. The number of aryl methyl sites for hydroxylation is 1. The fourth-order valence-electron chi connectivity index (χ4n) is 1.08. The first-order valence-corrected chi connectivity index (χ1v) is 3.64. The Hall–Kier alpha value is -1.78. The first-order chi connectivity index (χ1) is 6.06. The van der Waals surface area contributed by atoms with Crippen LogP contribution in [0.15, 0.2) is 12.1 Å². The van der Waals surface area contributed by atoms with Gasteiger partial charge < -0.3 is 10.5 Å². The average Bonchev–Trinajstić information content (AvgIpc) is 2.03. The lowest BCUT2D eigenvalue weighted by Crippen LogP contribution is -1.98. The third kappa shape index (κ3) is 1.69. The number of hydrogen-bond acceptors (Lipinski definition) is 4. The average molecular weight is 182 g/mol. The maximum Gasteiger partial charge on any atom is 0.295 e. The van der Waals surface area contributed by atoms with E-state index in [1.165, 1.54) is 19.2 Å². The van der Waals surface area contributed by atoms with E-state index in [-0.39, 0.29) is 11.4 Å². The topological polar surface area (TPSA) is 78.4 Å². The predicted molar refractivity (Wildman–Crippen MR) is 48.8 cm³/mol. The molecule has 0 spiro atoms.